The van der Waals surface area contributed by atoms with Crippen molar-refractivity contribution in [3.8, 4) is 11.4 Å². The van der Waals surface area contributed by atoms with Gasteiger partial charge in [0.25, 0.3) is 0 Å². The van der Waals surface area contributed by atoms with Crippen molar-refractivity contribution in [1.29, 1.82) is 0 Å². The number of nitrogens with one attached hydrogen (secondary N) is 1. The van der Waals surface area contributed by atoms with Crippen LogP contribution in [0.5, 0.6) is 0 Å². The molecular weight excluding hydrogens is 361 g/mol. The summed E-state index contributed by atoms with van der Waals surface area (Å²) in [6.07, 6.45) is 0. The van der Waals surface area contributed by atoms with Crippen molar-refractivity contribution in [1.82, 2.24) is 9.97 Å². The number of hydrogen-bond donors (Lipinski definition) is 1. The highest BCUT2D eigenvalue weighted by Crippen LogP contribution is 2.34. The normalized spacial score (nSPS) is 10.9. The molecule has 20 heavy (non-hydrogen) atoms. The van der Waals surface area contributed by atoms with Gasteiger partial charge in [0.2, 0.25) is 0 Å². The van der Waals surface area contributed by atoms with E-state index in [1.807, 2.05) is 13.1 Å². The van der Waals surface area contributed by atoms with Crippen molar-refractivity contribution in [3.05, 3.63) is 38.4 Å². The lowest BCUT2D eigenvalue weighted by molar-refractivity contribution is 0.810. The number of anilines is 1. The van der Waals surface area contributed by atoms with Gasteiger partial charge in [-0.15, -0.1) is 0 Å². The molecule has 1 heterocycles. The Hall–Kier alpha value is -0.840. The Morgan fingerprint density at radius 1 is 1.20 bits per heavy atom. The van der Waals surface area contributed by atoms with Gasteiger partial charge in [0.15, 0.2) is 5.82 Å². The van der Waals surface area contributed by atoms with Crippen LogP contribution in [0.25, 0.3) is 11.4 Å². The Morgan fingerprint density at radius 3 is 2.45 bits per heavy atom. The van der Waals surface area contributed by atoms with Crippen molar-refractivity contribution in [3.63, 3.8) is 0 Å². The average Bonchev–Trinajstić information content (AvgIpc) is 2.39. The van der Waals surface area contributed by atoms with E-state index in [4.69, 9.17) is 23.2 Å². The van der Waals surface area contributed by atoms with Crippen LogP contribution in [0, 0.1) is 0 Å². The van der Waals surface area contributed by atoms with Crippen molar-refractivity contribution >= 4 is 44.9 Å². The average molecular weight is 375 g/mol. The molecule has 2 aromatic rings. The van der Waals surface area contributed by atoms with Gasteiger partial charge in [0, 0.05) is 17.6 Å². The van der Waals surface area contributed by atoms with E-state index in [1.165, 1.54) is 0 Å². The molecule has 0 saturated heterocycles. The highest BCUT2D eigenvalue weighted by atomic mass is 79.9. The molecule has 1 aromatic heterocycles. The van der Waals surface area contributed by atoms with Gasteiger partial charge in [-0.3, -0.25) is 0 Å². The summed E-state index contributed by atoms with van der Waals surface area (Å²) in [6.45, 7) is 4.17. The minimum atomic E-state index is 0.268. The number of rotatable bonds is 3. The summed E-state index contributed by atoms with van der Waals surface area (Å²) in [6, 6.07) is 5.30. The fourth-order valence-corrected chi connectivity index (χ4v) is 3.13. The van der Waals surface area contributed by atoms with Gasteiger partial charge in [-0.2, -0.15) is 0 Å². The van der Waals surface area contributed by atoms with E-state index in [0.29, 0.717) is 15.9 Å². The molecule has 106 valence electrons. The number of nitrogens with zero attached hydrogens (tertiary/aromatic N) is 2. The molecule has 1 N–H and O–H groups in total. The highest BCUT2D eigenvalue weighted by molar-refractivity contribution is 9.10. The van der Waals surface area contributed by atoms with E-state index < -0.39 is 0 Å². The molecule has 0 atom stereocenters. The van der Waals surface area contributed by atoms with E-state index >= 15 is 0 Å². The molecular formula is C14H14BrCl2N3. The Kier molecular flexibility index (Phi) is 4.89. The van der Waals surface area contributed by atoms with E-state index in [1.54, 1.807) is 12.1 Å². The second-order valence-electron chi connectivity index (χ2n) is 4.62. The molecule has 0 unspecified atom stereocenters. The van der Waals surface area contributed by atoms with Crippen LogP contribution in [0.3, 0.4) is 0 Å². The standard InChI is InChI=1S/C14H14BrCl2N3/c1-7(2)12-11(15)14(18-3)20-13(19-12)9-5-4-8(16)6-10(9)17/h4-7H,1-3H3,(H,18,19,20). The SMILES string of the molecule is CNc1nc(-c2ccc(Cl)cc2Cl)nc(C(C)C)c1Br. The molecule has 0 radical (unpaired) electrons. The molecule has 0 spiro atoms. The first-order valence-electron chi connectivity index (χ1n) is 6.14. The first kappa shape index (κ1) is 15.5. The molecule has 0 bridgehead atoms. The maximum Gasteiger partial charge on any atom is 0.163 e. The smallest absolute Gasteiger partial charge is 0.163 e. The Morgan fingerprint density at radius 2 is 1.90 bits per heavy atom. The molecule has 3 nitrogen and oxygen atoms in total. The molecule has 0 aliphatic heterocycles. The van der Waals surface area contributed by atoms with E-state index in [2.05, 4.69) is 45.1 Å². The topological polar surface area (TPSA) is 37.8 Å². The summed E-state index contributed by atoms with van der Waals surface area (Å²) in [5.41, 5.74) is 1.70. The van der Waals surface area contributed by atoms with Crippen LogP contribution in [0.1, 0.15) is 25.5 Å². The third kappa shape index (κ3) is 3.08. The number of benzene rings is 1. The Balaban J connectivity index is 2.65. The summed E-state index contributed by atoms with van der Waals surface area (Å²) in [5.74, 6) is 1.59. The zero-order chi connectivity index (χ0) is 14.9. The van der Waals surface area contributed by atoms with Crippen molar-refractivity contribution < 1.29 is 0 Å². The van der Waals surface area contributed by atoms with Crippen LogP contribution in [0.4, 0.5) is 5.82 Å². The summed E-state index contributed by atoms with van der Waals surface area (Å²) in [7, 11) is 1.82. The second-order valence-corrected chi connectivity index (χ2v) is 6.26. The quantitative estimate of drug-likeness (QED) is 0.783. The van der Waals surface area contributed by atoms with Crippen LogP contribution in [0.2, 0.25) is 10.0 Å². The molecule has 0 aliphatic rings. The van der Waals surface area contributed by atoms with E-state index in [0.717, 1.165) is 21.5 Å². The van der Waals surface area contributed by atoms with Gasteiger partial charge in [0.1, 0.15) is 5.82 Å². The molecule has 2 rings (SSSR count). The molecule has 0 aliphatic carbocycles. The van der Waals surface area contributed by atoms with E-state index in [9.17, 15) is 0 Å². The van der Waals surface area contributed by atoms with Gasteiger partial charge in [0.05, 0.1) is 15.2 Å². The maximum atomic E-state index is 6.23. The third-order valence-corrected chi connectivity index (χ3v) is 4.16. The molecule has 0 saturated carbocycles. The Labute approximate surface area is 136 Å². The molecule has 1 aromatic carbocycles. The minimum absolute atomic E-state index is 0.268. The van der Waals surface area contributed by atoms with Crippen LogP contribution in [-0.2, 0) is 0 Å². The van der Waals surface area contributed by atoms with Crippen molar-refractivity contribution in [2.45, 2.75) is 19.8 Å². The van der Waals surface area contributed by atoms with Crippen molar-refractivity contribution in [2.24, 2.45) is 0 Å². The van der Waals surface area contributed by atoms with Crippen molar-refractivity contribution in [2.75, 3.05) is 12.4 Å². The molecule has 0 fully saturated rings. The van der Waals surface area contributed by atoms with Gasteiger partial charge >= 0.3 is 0 Å². The van der Waals surface area contributed by atoms with Crippen LogP contribution in [0.15, 0.2) is 22.7 Å². The van der Waals surface area contributed by atoms with Crippen LogP contribution < -0.4 is 5.32 Å². The fourth-order valence-electron chi connectivity index (χ4n) is 1.80. The predicted molar refractivity (Wildman–Crippen MR) is 88.8 cm³/mol. The summed E-state index contributed by atoms with van der Waals surface area (Å²) in [4.78, 5) is 9.11. The number of aromatic nitrogens is 2. The van der Waals surface area contributed by atoms with Gasteiger partial charge in [-0.05, 0) is 40.0 Å². The minimum Gasteiger partial charge on any atom is -0.372 e. The number of hydrogen-bond acceptors (Lipinski definition) is 3. The summed E-state index contributed by atoms with van der Waals surface area (Å²) >= 11 is 15.7. The maximum absolute atomic E-state index is 6.23. The first-order valence-corrected chi connectivity index (χ1v) is 7.69. The zero-order valence-electron chi connectivity index (χ0n) is 11.3. The Bertz CT molecular complexity index is 645. The van der Waals surface area contributed by atoms with Gasteiger partial charge < -0.3 is 5.32 Å². The lowest BCUT2D eigenvalue weighted by Gasteiger charge is -2.14. The summed E-state index contributed by atoms with van der Waals surface area (Å²) in [5, 5.41) is 4.19. The summed E-state index contributed by atoms with van der Waals surface area (Å²) < 4.78 is 0.879. The van der Waals surface area contributed by atoms with Crippen LogP contribution in [-0.4, -0.2) is 17.0 Å². The largest absolute Gasteiger partial charge is 0.372 e. The van der Waals surface area contributed by atoms with Gasteiger partial charge in [-0.25, -0.2) is 9.97 Å². The van der Waals surface area contributed by atoms with Crippen LogP contribution >= 0.6 is 39.1 Å². The first-order chi connectivity index (χ1) is 9.43. The number of halogens is 3. The lowest BCUT2D eigenvalue weighted by Crippen LogP contribution is -2.04. The monoisotopic (exact) mass is 373 g/mol. The molecule has 0 amide bonds. The predicted octanol–water partition coefficient (Wildman–Crippen LogP) is 5.38. The van der Waals surface area contributed by atoms with Gasteiger partial charge in [-0.1, -0.05) is 37.0 Å². The third-order valence-electron chi connectivity index (χ3n) is 2.83. The lowest BCUT2D eigenvalue weighted by atomic mass is 10.1. The zero-order valence-corrected chi connectivity index (χ0v) is 14.4. The fraction of sp³-hybridized carbons (Fsp3) is 0.286. The highest BCUT2D eigenvalue weighted by Gasteiger charge is 2.16. The second kappa shape index (κ2) is 6.29. The molecule has 6 heteroatoms. The van der Waals surface area contributed by atoms with E-state index in [-0.39, 0.29) is 5.92 Å².